The Morgan fingerprint density at radius 3 is 2.21 bits per heavy atom. The van der Waals surface area contributed by atoms with Gasteiger partial charge in [0.25, 0.3) is 5.91 Å². The first-order chi connectivity index (χ1) is 16.6. The van der Waals surface area contributed by atoms with Crippen LogP contribution in [0.2, 0.25) is 0 Å². The zero-order chi connectivity index (χ0) is 23.4. The molecule has 0 aliphatic heterocycles. The average molecular weight is 495 g/mol. The first-order valence-electron chi connectivity index (χ1n) is 12.6. The third-order valence-electron chi connectivity index (χ3n) is 7.55. The Bertz CT molecular complexity index is 975. The molecule has 0 spiro atoms. The fraction of sp³-hybridized carbons (Fsp3) is 0.500. The van der Waals surface area contributed by atoms with Gasteiger partial charge in [-0.2, -0.15) is 0 Å². The van der Waals surface area contributed by atoms with Crippen molar-refractivity contribution < 1.29 is 9.59 Å². The Labute approximate surface area is 211 Å². The first kappa shape index (κ1) is 23.8. The van der Waals surface area contributed by atoms with Crippen LogP contribution in [-0.2, 0) is 4.79 Å². The summed E-state index contributed by atoms with van der Waals surface area (Å²) in [6.07, 6.45) is 8.52. The van der Waals surface area contributed by atoms with Crippen LogP contribution in [-0.4, -0.2) is 35.4 Å². The molecule has 2 N–H and O–H groups in total. The minimum Gasteiger partial charge on any atom is -0.352 e. The molecule has 0 radical (unpaired) electrons. The molecule has 0 heterocycles. The zero-order valence-electron chi connectivity index (χ0n) is 19.6. The normalized spacial score (nSPS) is 26.9. The molecule has 180 valence electrons. The molecular formula is C28H34N2O2S2. The van der Waals surface area contributed by atoms with E-state index in [2.05, 4.69) is 22.8 Å². The maximum absolute atomic E-state index is 12.9. The van der Waals surface area contributed by atoms with Gasteiger partial charge in [0, 0.05) is 21.9 Å². The van der Waals surface area contributed by atoms with Crippen LogP contribution in [0.1, 0.15) is 55.3 Å². The molecule has 34 heavy (non-hydrogen) atoms. The molecule has 6 heteroatoms. The number of hydrogen-bond acceptors (Lipinski definition) is 4. The highest BCUT2D eigenvalue weighted by Gasteiger charge is 2.51. The van der Waals surface area contributed by atoms with E-state index in [1.165, 1.54) is 35.9 Å². The Kier molecular flexibility index (Phi) is 7.55. The standard InChI is InChI=1S/C28H34N2O2S2/c31-26(30-28-16-20-13-21(17-28)15-22(14-20)18-28)19-34-25-10-5-4-9-24(25)27(32)29-11-6-12-33-23-7-2-1-3-8-23/h1-5,7-10,20-22H,6,11-19H2,(H,29,32)(H,30,31). The third kappa shape index (κ3) is 5.83. The van der Waals surface area contributed by atoms with Crippen molar-refractivity contribution in [1.29, 1.82) is 0 Å². The van der Waals surface area contributed by atoms with Gasteiger partial charge in [-0.15, -0.1) is 23.5 Å². The molecule has 4 saturated carbocycles. The summed E-state index contributed by atoms with van der Waals surface area (Å²) in [7, 11) is 0. The molecule has 2 aromatic carbocycles. The van der Waals surface area contributed by atoms with Gasteiger partial charge in [0.1, 0.15) is 0 Å². The molecule has 4 bridgehead atoms. The lowest BCUT2D eigenvalue weighted by molar-refractivity contribution is -0.124. The number of nitrogens with one attached hydrogen (secondary N) is 2. The Hall–Kier alpha value is -1.92. The van der Waals surface area contributed by atoms with Crippen LogP contribution in [0, 0.1) is 17.8 Å². The average Bonchev–Trinajstić information content (AvgIpc) is 2.82. The fourth-order valence-corrected chi connectivity index (χ4v) is 8.32. The SMILES string of the molecule is O=C(CSc1ccccc1C(=O)NCCCSc1ccccc1)NC12CC3CC(CC(C3)C1)C2. The summed E-state index contributed by atoms with van der Waals surface area (Å²) in [5.74, 6) is 3.82. The second kappa shape index (κ2) is 10.8. The van der Waals surface area contributed by atoms with Crippen molar-refractivity contribution in [2.45, 2.75) is 60.3 Å². The Morgan fingerprint density at radius 2 is 1.50 bits per heavy atom. The quantitative estimate of drug-likeness (QED) is 0.325. The molecule has 0 unspecified atom stereocenters. The second-order valence-corrected chi connectivity index (χ2v) is 12.5. The van der Waals surface area contributed by atoms with E-state index in [9.17, 15) is 9.59 Å². The molecule has 0 atom stereocenters. The van der Waals surface area contributed by atoms with E-state index in [4.69, 9.17) is 0 Å². The number of carbonyl (C=O) groups excluding carboxylic acids is 2. The molecule has 6 rings (SSSR count). The van der Waals surface area contributed by atoms with Crippen LogP contribution in [0.15, 0.2) is 64.4 Å². The summed E-state index contributed by atoms with van der Waals surface area (Å²) >= 11 is 3.28. The predicted molar refractivity (Wildman–Crippen MR) is 140 cm³/mol. The maximum atomic E-state index is 12.9. The monoisotopic (exact) mass is 494 g/mol. The summed E-state index contributed by atoms with van der Waals surface area (Å²) in [5.41, 5.74) is 0.701. The van der Waals surface area contributed by atoms with Crippen molar-refractivity contribution in [3.8, 4) is 0 Å². The van der Waals surface area contributed by atoms with Gasteiger partial charge in [-0.05, 0) is 92.7 Å². The van der Waals surface area contributed by atoms with E-state index in [1.807, 2.05) is 42.5 Å². The van der Waals surface area contributed by atoms with Crippen molar-refractivity contribution in [3.63, 3.8) is 0 Å². The molecule has 2 aromatic rings. The van der Waals surface area contributed by atoms with Crippen molar-refractivity contribution in [2.75, 3.05) is 18.1 Å². The Balaban J connectivity index is 1.08. The van der Waals surface area contributed by atoms with E-state index < -0.39 is 0 Å². The van der Waals surface area contributed by atoms with E-state index in [0.29, 0.717) is 17.9 Å². The minimum atomic E-state index is -0.0608. The largest absolute Gasteiger partial charge is 0.352 e. The van der Waals surface area contributed by atoms with Crippen LogP contribution >= 0.6 is 23.5 Å². The van der Waals surface area contributed by atoms with Crippen LogP contribution < -0.4 is 10.6 Å². The number of rotatable bonds is 10. The summed E-state index contributed by atoms with van der Waals surface area (Å²) in [4.78, 5) is 27.8. The highest BCUT2D eigenvalue weighted by molar-refractivity contribution is 8.00. The topological polar surface area (TPSA) is 58.2 Å². The van der Waals surface area contributed by atoms with Crippen molar-refractivity contribution in [3.05, 3.63) is 60.2 Å². The highest BCUT2D eigenvalue weighted by atomic mass is 32.2. The lowest BCUT2D eigenvalue weighted by Gasteiger charge is -2.56. The molecule has 4 aliphatic rings. The summed E-state index contributed by atoms with van der Waals surface area (Å²) in [5, 5.41) is 6.49. The molecular weight excluding hydrogens is 460 g/mol. The molecule has 0 saturated heterocycles. The second-order valence-electron chi connectivity index (χ2n) is 10.3. The van der Waals surface area contributed by atoms with Gasteiger partial charge in [-0.1, -0.05) is 30.3 Å². The minimum absolute atomic E-state index is 0.0427. The van der Waals surface area contributed by atoms with Gasteiger partial charge in [-0.3, -0.25) is 9.59 Å². The first-order valence-corrected chi connectivity index (χ1v) is 14.5. The van der Waals surface area contributed by atoms with Gasteiger partial charge in [0.15, 0.2) is 0 Å². The summed E-state index contributed by atoms with van der Waals surface area (Å²) in [6.45, 7) is 0.643. The van der Waals surface area contributed by atoms with E-state index in [0.717, 1.165) is 54.1 Å². The summed E-state index contributed by atoms with van der Waals surface area (Å²) in [6, 6.07) is 17.9. The van der Waals surface area contributed by atoms with Crippen molar-refractivity contribution in [1.82, 2.24) is 10.6 Å². The van der Waals surface area contributed by atoms with Crippen LogP contribution in [0.4, 0.5) is 0 Å². The van der Waals surface area contributed by atoms with E-state index >= 15 is 0 Å². The van der Waals surface area contributed by atoms with E-state index in [-0.39, 0.29) is 17.4 Å². The Morgan fingerprint density at radius 1 is 0.853 bits per heavy atom. The molecule has 4 fully saturated rings. The van der Waals surface area contributed by atoms with Gasteiger partial charge in [0.05, 0.1) is 11.3 Å². The smallest absolute Gasteiger partial charge is 0.252 e. The van der Waals surface area contributed by atoms with Crippen LogP contribution in [0.25, 0.3) is 0 Å². The number of amides is 2. The third-order valence-corrected chi connectivity index (χ3v) is 9.72. The predicted octanol–water partition coefficient (Wildman–Crippen LogP) is 5.78. The number of hydrogen-bond donors (Lipinski definition) is 2. The fourth-order valence-electron chi connectivity index (χ4n) is 6.60. The molecule has 4 nitrogen and oxygen atoms in total. The number of thioether (sulfide) groups is 2. The number of benzene rings is 2. The number of carbonyl (C=O) groups is 2. The molecule has 4 aliphatic carbocycles. The lowest BCUT2D eigenvalue weighted by Crippen LogP contribution is -2.60. The van der Waals surface area contributed by atoms with Gasteiger partial charge in [0.2, 0.25) is 5.91 Å². The van der Waals surface area contributed by atoms with Crippen molar-refractivity contribution >= 4 is 35.3 Å². The molecule has 2 amide bonds. The van der Waals surface area contributed by atoms with Gasteiger partial charge in [-0.25, -0.2) is 0 Å². The van der Waals surface area contributed by atoms with Gasteiger partial charge >= 0.3 is 0 Å². The zero-order valence-corrected chi connectivity index (χ0v) is 21.3. The highest BCUT2D eigenvalue weighted by Crippen LogP contribution is 2.55. The van der Waals surface area contributed by atoms with E-state index in [1.54, 1.807) is 11.8 Å². The van der Waals surface area contributed by atoms with Crippen LogP contribution in [0.3, 0.4) is 0 Å². The van der Waals surface area contributed by atoms with Crippen LogP contribution in [0.5, 0.6) is 0 Å². The maximum Gasteiger partial charge on any atom is 0.252 e. The van der Waals surface area contributed by atoms with Crippen molar-refractivity contribution in [2.24, 2.45) is 17.8 Å². The summed E-state index contributed by atoms with van der Waals surface area (Å²) < 4.78 is 0. The molecule has 0 aromatic heterocycles. The van der Waals surface area contributed by atoms with Gasteiger partial charge < -0.3 is 10.6 Å². The lowest BCUT2D eigenvalue weighted by atomic mass is 9.53.